The topological polar surface area (TPSA) is 54.6 Å². The third-order valence-electron chi connectivity index (χ3n) is 4.21. The molecule has 0 radical (unpaired) electrons. The van der Waals surface area contributed by atoms with Crippen molar-refractivity contribution in [2.45, 2.75) is 23.8 Å². The van der Waals surface area contributed by atoms with Gasteiger partial charge in [0.25, 0.3) is 5.91 Å². The molecule has 0 spiro atoms. The zero-order chi connectivity index (χ0) is 19.5. The number of carbonyl (C=O) groups excluding carboxylic acids is 1. The van der Waals surface area contributed by atoms with Crippen LogP contribution >= 0.6 is 23.5 Å². The van der Waals surface area contributed by atoms with Gasteiger partial charge >= 0.3 is 0 Å². The Morgan fingerprint density at radius 2 is 1.86 bits per heavy atom. The first-order valence-corrected chi connectivity index (χ1v) is 10.4. The third kappa shape index (κ3) is 4.40. The van der Waals surface area contributed by atoms with Gasteiger partial charge in [0.2, 0.25) is 0 Å². The Bertz CT molecular complexity index is 1080. The van der Waals surface area contributed by atoms with Crippen LogP contribution < -0.4 is 5.32 Å². The number of benzene rings is 2. The van der Waals surface area contributed by atoms with Crippen LogP contribution in [0.1, 0.15) is 16.9 Å². The van der Waals surface area contributed by atoms with Gasteiger partial charge in [-0.1, -0.05) is 36.0 Å². The Morgan fingerprint density at radius 1 is 1.04 bits per heavy atom. The molecule has 4 nitrogen and oxygen atoms in total. The first-order valence-electron chi connectivity index (χ1n) is 8.76. The number of nitrogens with zero attached hydrogens (tertiary/aromatic N) is 1. The van der Waals surface area contributed by atoms with Gasteiger partial charge in [0.05, 0.1) is 10.6 Å². The van der Waals surface area contributed by atoms with Crippen LogP contribution in [0, 0.1) is 13.8 Å². The molecule has 2 heterocycles. The molecule has 1 aliphatic rings. The standard InChI is InChI=1S/C22H18N2O2S2/c1-14-8-9-16(12-15(14)2)23-22-24-21(25)19(28-22)13-17-10-11-20(26-17)27-18-6-4-3-5-7-18/h3-13H,1-2H3,(H,23,24,25)/b19-13-. The van der Waals surface area contributed by atoms with Crippen molar-refractivity contribution in [3.05, 3.63) is 82.5 Å². The number of amides is 1. The molecule has 0 bridgehead atoms. The number of thioether (sulfide) groups is 1. The summed E-state index contributed by atoms with van der Waals surface area (Å²) in [6.45, 7) is 4.11. The zero-order valence-electron chi connectivity index (χ0n) is 15.4. The number of aliphatic imine (C=N–C) groups is 1. The SMILES string of the molecule is Cc1ccc(N=C2NC(=O)/C(=C/c3ccc(Sc4ccccc4)o3)S2)cc1C. The van der Waals surface area contributed by atoms with E-state index in [0.29, 0.717) is 15.8 Å². The number of amidine groups is 1. The quantitative estimate of drug-likeness (QED) is 0.545. The van der Waals surface area contributed by atoms with Crippen molar-refractivity contribution < 1.29 is 9.21 Å². The van der Waals surface area contributed by atoms with Crippen LogP contribution in [-0.4, -0.2) is 11.1 Å². The summed E-state index contributed by atoms with van der Waals surface area (Å²) in [6.07, 6.45) is 1.75. The Kier molecular flexibility index (Phi) is 5.41. The molecule has 2 aromatic carbocycles. The molecule has 6 heteroatoms. The van der Waals surface area contributed by atoms with Gasteiger partial charge in [-0.05, 0) is 73.1 Å². The van der Waals surface area contributed by atoms with E-state index in [9.17, 15) is 4.79 Å². The predicted molar refractivity (Wildman–Crippen MR) is 116 cm³/mol. The molecule has 1 aliphatic heterocycles. The number of rotatable bonds is 4. The lowest BCUT2D eigenvalue weighted by molar-refractivity contribution is -0.115. The highest BCUT2D eigenvalue weighted by atomic mass is 32.2. The van der Waals surface area contributed by atoms with E-state index in [2.05, 4.69) is 17.2 Å². The van der Waals surface area contributed by atoms with Crippen molar-refractivity contribution in [3.63, 3.8) is 0 Å². The summed E-state index contributed by atoms with van der Waals surface area (Å²) >= 11 is 2.86. The third-order valence-corrected chi connectivity index (χ3v) is 6.05. The van der Waals surface area contributed by atoms with Gasteiger partial charge in [-0.15, -0.1) is 0 Å². The van der Waals surface area contributed by atoms with Crippen LogP contribution in [0.25, 0.3) is 6.08 Å². The van der Waals surface area contributed by atoms with Crippen molar-refractivity contribution in [3.8, 4) is 0 Å². The summed E-state index contributed by atoms with van der Waals surface area (Å²) in [5.41, 5.74) is 3.22. The molecule has 0 saturated carbocycles. The molecular weight excluding hydrogens is 388 g/mol. The number of hydrogen-bond donors (Lipinski definition) is 1. The molecule has 140 valence electrons. The molecule has 1 N–H and O–H groups in total. The summed E-state index contributed by atoms with van der Waals surface area (Å²) in [7, 11) is 0. The summed E-state index contributed by atoms with van der Waals surface area (Å²) in [6, 6.07) is 19.8. The fourth-order valence-electron chi connectivity index (χ4n) is 2.59. The molecule has 3 aromatic rings. The lowest BCUT2D eigenvalue weighted by atomic mass is 10.1. The van der Waals surface area contributed by atoms with Crippen molar-refractivity contribution in [2.24, 2.45) is 4.99 Å². The van der Waals surface area contributed by atoms with E-state index in [1.54, 1.807) is 17.8 Å². The van der Waals surface area contributed by atoms with E-state index in [0.717, 1.165) is 15.7 Å². The lowest BCUT2D eigenvalue weighted by Crippen LogP contribution is -2.19. The van der Waals surface area contributed by atoms with Crippen LogP contribution in [-0.2, 0) is 4.79 Å². The highest BCUT2D eigenvalue weighted by Gasteiger charge is 2.24. The van der Waals surface area contributed by atoms with Gasteiger partial charge in [-0.2, -0.15) is 0 Å². The van der Waals surface area contributed by atoms with E-state index in [-0.39, 0.29) is 5.91 Å². The second-order valence-electron chi connectivity index (χ2n) is 6.32. The van der Waals surface area contributed by atoms with Crippen LogP contribution in [0.5, 0.6) is 0 Å². The first-order chi connectivity index (χ1) is 13.6. The number of nitrogens with one attached hydrogen (secondary N) is 1. The second kappa shape index (κ2) is 8.12. The molecule has 1 saturated heterocycles. The van der Waals surface area contributed by atoms with Crippen molar-refractivity contribution >= 4 is 46.4 Å². The number of furan rings is 1. The Morgan fingerprint density at radius 3 is 2.64 bits per heavy atom. The highest BCUT2D eigenvalue weighted by Crippen LogP contribution is 2.32. The first kappa shape index (κ1) is 18.7. The monoisotopic (exact) mass is 406 g/mol. The molecule has 1 amide bonds. The van der Waals surface area contributed by atoms with Gasteiger partial charge in [0, 0.05) is 11.0 Å². The normalized spacial score (nSPS) is 16.7. The highest BCUT2D eigenvalue weighted by molar-refractivity contribution is 8.18. The van der Waals surface area contributed by atoms with Crippen LogP contribution in [0.3, 0.4) is 0 Å². The predicted octanol–water partition coefficient (Wildman–Crippen LogP) is 5.94. The van der Waals surface area contributed by atoms with Crippen LogP contribution in [0.4, 0.5) is 5.69 Å². The largest absolute Gasteiger partial charge is 0.450 e. The van der Waals surface area contributed by atoms with E-state index < -0.39 is 0 Å². The Balaban J connectivity index is 1.49. The fraction of sp³-hybridized carbons (Fsp3) is 0.0909. The van der Waals surface area contributed by atoms with Gasteiger partial charge in [-0.25, -0.2) is 4.99 Å². The maximum atomic E-state index is 12.3. The molecule has 28 heavy (non-hydrogen) atoms. The van der Waals surface area contributed by atoms with E-state index in [1.165, 1.54) is 22.9 Å². The number of carbonyl (C=O) groups is 1. The smallest absolute Gasteiger partial charge is 0.264 e. The van der Waals surface area contributed by atoms with Crippen LogP contribution in [0.15, 0.2) is 85.0 Å². The lowest BCUT2D eigenvalue weighted by Gasteiger charge is -2.01. The zero-order valence-corrected chi connectivity index (χ0v) is 17.1. The summed E-state index contributed by atoms with van der Waals surface area (Å²) in [5.74, 6) is 0.477. The molecule has 0 aliphatic carbocycles. The molecule has 0 unspecified atom stereocenters. The van der Waals surface area contributed by atoms with Gasteiger partial charge in [0.15, 0.2) is 10.3 Å². The molecule has 0 atom stereocenters. The van der Waals surface area contributed by atoms with Gasteiger partial charge in [0.1, 0.15) is 5.76 Å². The molecule has 1 aromatic heterocycles. The van der Waals surface area contributed by atoms with E-state index in [4.69, 9.17) is 4.42 Å². The van der Waals surface area contributed by atoms with Crippen molar-refractivity contribution in [1.82, 2.24) is 5.32 Å². The fourth-order valence-corrected chi connectivity index (χ4v) is 4.22. The van der Waals surface area contributed by atoms with E-state index >= 15 is 0 Å². The minimum atomic E-state index is -0.166. The number of aryl methyl sites for hydroxylation is 2. The van der Waals surface area contributed by atoms with E-state index in [1.807, 2.05) is 67.6 Å². The maximum Gasteiger partial charge on any atom is 0.264 e. The molecule has 4 rings (SSSR count). The Hall–Kier alpha value is -2.70. The van der Waals surface area contributed by atoms with Crippen molar-refractivity contribution in [1.29, 1.82) is 0 Å². The maximum absolute atomic E-state index is 12.3. The molecule has 1 fully saturated rings. The Labute approximate surface area is 172 Å². The number of hydrogen-bond acceptors (Lipinski definition) is 5. The second-order valence-corrected chi connectivity index (χ2v) is 8.43. The van der Waals surface area contributed by atoms with Gasteiger partial charge in [-0.3, -0.25) is 4.79 Å². The average molecular weight is 407 g/mol. The summed E-state index contributed by atoms with van der Waals surface area (Å²) < 4.78 is 5.83. The minimum Gasteiger partial charge on any atom is -0.450 e. The summed E-state index contributed by atoms with van der Waals surface area (Å²) in [4.78, 5) is 18.5. The van der Waals surface area contributed by atoms with Crippen molar-refractivity contribution in [2.75, 3.05) is 0 Å². The molecular formula is C22H18N2O2S2. The van der Waals surface area contributed by atoms with Gasteiger partial charge < -0.3 is 9.73 Å². The minimum absolute atomic E-state index is 0.166. The average Bonchev–Trinajstić information content (AvgIpc) is 3.26. The summed E-state index contributed by atoms with van der Waals surface area (Å²) in [5, 5.41) is 4.17. The van der Waals surface area contributed by atoms with Crippen LogP contribution in [0.2, 0.25) is 0 Å².